The van der Waals surface area contributed by atoms with Crippen molar-refractivity contribution in [1.29, 1.82) is 5.26 Å². The number of benzene rings is 1. The smallest absolute Gasteiger partial charge is 0.318 e. The number of hydrogen-bond donors (Lipinski definition) is 2. The fourth-order valence-electron chi connectivity index (χ4n) is 3.30. The fraction of sp³-hybridized carbons (Fsp3) is 0.429. The molecule has 0 aliphatic carbocycles. The number of halogens is 2. The molecular formula is C21H24Cl2N6O. The van der Waals surface area contributed by atoms with E-state index in [-0.39, 0.29) is 18.1 Å². The zero-order chi connectivity index (χ0) is 21.7. The summed E-state index contributed by atoms with van der Waals surface area (Å²) < 4.78 is 0. The van der Waals surface area contributed by atoms with E-state index >= 15 is 0 Å². The number of nitrogens with zero attached hydrogens (tertiary/aromatic N) is 4. The van der Waals surface area contributed by atoms with Crippen LogP contribution in [0.4, 0.5) is 10.7 Å². The van der Waals surface area contributed by atoms with Crippen molar-refractivity contribution in [3.8, 4) is 6.07 Å². The first-order valence-electron chi connectivity index (χ1n) is 9.86. The number of nitrogens with one attached hydrogen (secondary N) is 2. The maximum atomic E-state index is 13.0. The van der Waals surface area contributed by atoms with Crippen LogP contribution in [0.3, 0.4) is 0 Å². The van der Waals surface area contributed by atoms with Crippen molar-refractivity contribution in [1.82, 2.24) is 20.2 Å². The van der Waals surface area contributed by atoms with Crippen molar-refractivity contribution in [2.45, 2.75) is 51.7 Å². The van der Waals surface area contributed by atoms with E-state index in [1.54, 1.807) is 17.0 Å². The van der Waals surface area contributed by atoms with Crippen molar-refractivity contribution in [2.24, 2.45) is 0 Å². The fourth-order valence-corrected chi connectivity index (χ4v) is 3.61. The van der Waals surface area contributed by atoms with Gasteiger partial charge in [0.25, 0.3) is 0 Å². The van der Waals surface area contributed by atoms with Gasteiger partial charge in [-0.2, -0.15) is 5.26 Å². The monoisotopic (exact) mass is 446 g/mol. The summed E-state index contributed by atoms with van der Waals surface area (Å²) in [6.07, 6.45) is 3.31. The highest BCUT2D eigenvalue weighted by atomic mass is 35.5. The zero-order valence-electron chi connectivity index (χ0n) is 17.0. The number of urea groups is 1. The van der Waals surface area contributed by atoms with Crippen molar-refractivity contribution in [3.63, 3.8) is 0 Å². The maximum absolute atomic E-state index is 13.0. The van der Waals surface area contributed by atoms with E-state index in [0.717, 1.165) is 16.8 Å². The Labute approximate surface area is 186 Å². The molecule has 0 saturated heterocycles. The highest BCUT2D eigenvalue weighted by molar-refractivity contribution is 6.42. The number of amides is 2. The molecule has 30 heavy (non-hydrogen) atoms. The Bertz CT molecular complexity index is 959. The van der Waals surface area contributed by atoms with E-state index in [9.17, 15) is 4.79 Å². The average molecular weight is 447 g/mol. The first-order valence-corrected chi connectivity index (χ1v) is 10.6. The number of carbonyl (C=O) groups is 1. The number of fused-ring (bicyclic) bond motifs is 1. The molecule has 1 atom stereocenters. The predicted molar refractivity (Wildman–Crippen MR) is 117 cm³/mol. The van der Waals surface area contributed by atoms with Crippen LogP contribution in [-0.4, -0.2) is 33.5 Å². The molecule has 3 rings (SSSR count). The molecule has 2 aromatic rings. The standard InChI is InChI=1S/C21H24Cl2N6O/c1-13(2)26-20-25-11-15-7-9-29(12-19(15)27-20)21(30)28-18(4-3-8-24)14-5-6-16(22)17(23)10-14/h5-6,10-11,13,18H,3-4,7,9,12H2,1-2H3,(H,28,30)(H,25,26,27)/t18-/m1/s1. The normalized spacial score (nSPS) is 14.1. The second-order valence-electron chi connectivity index (χ2n) is 7.51. The minimum atomic E-state index is -0.336. The van der Waals surface area contributed by atoms with Gasteiger partial charge in [-0.15, -0.1) is 0 Å². The highest BCUT2D eigenvalue weighted by Gasteiger charge is 2.25. The number of anilines is 1. The average Bonchev–Trinajstić information content (AvgIpc) is 2.72. The topological polar surface area (TPSA) is 93.9 Å². The van der Waals surface area contributed by atoms with Gasteiger partial charge in [0.2, 0.25) is 5.95 Å². The molecule has 1 aromatic heterocycles. The van der Waals surface area contributed by atoms with Gasteiger partial charge in [0.15, 0.2) is 0 Å². The number of rotatable bonds is 6. The quantitative estimate of drug-likeness (QED) is 0.669. The molecule has 2 heterocycles. The van der Waals surface area contributed by atoms with Gasteiger partial charge >= 0.3 is 6.03 Å². The zero-order valence-corrected chi connectivity index (χ0v) is 18.5. The first kappa shape index (κ1) is 22.1. The molecule has 2 amide bonds. The van der Waals surface area contributed by atoms with Crippen LogP contribution in [0.25, 0.3) is 0 Å². The second-order valence-corrected chi connectivity index (χ2v) is 8.32. The molecule has 9 heteroatoms. The summed E-state index contributed by atoms with van der Waals surface area (Å²) in [5.74, 6) is 0.564. The largest absolute Gasteiger partial charge is 0.352 e. The summed E-state index contributed by atoms with van der Waals surface area (Å²) >= 11 is 12.2. The summed E-state index contributed by atoms with van der Waals surface area (Å²) in [6.45, 7) is 5.02. The van der Waals surface area contributed by atoms with E-state index in [4.69, 9.17) is 28.5 Å². The van der Waals surface area contributed by atoms with Gasteiger partial charge in [0.1, 0.15) is 0 Å². The van der Waals surface area contributed by atoms with Crippen molar-refractivity contribution < 1.29 is 4.79 Å². The van der Waals surface area contributed by atoms with Crippen LogP contribution in [0, 0.1) is 11.3 Å². The summed E-state index contributed by atoms with van der Waals surface area (Å²) in [6, 6.07) is 7.06. The molecule has 7 nitrogen and oxygen atoms in total. The van der Waals surface area contributed by atoms with E-state index in [1.807, 2.05) is 26.1 Å². The molecule has 158 valence electrons. The van der Waals surface area contributed by atoms with Gasteiger partial charge in [-0.1, -0.05) is 29.3 Å². The summed E-state index contributed by atoms with van der Waals surface area (Å²) in [5, 5.41) is 16.1. The molecule has 0 spiro atoms. The van der Waals surface area contributed by atoms with Crippen molar-refractivity contribution in [2.75, 3.05) is 11.9 Å². The summed E-state index contributed by atoms with van der Waals surface area (Å²) in [4.78, 5) is 23.6. The molecule has 0 fully saturated rings. The molecular weight excluding hydrogens is 423 g/mol. The van der Waals surface area contributed by atoms with E-state index < -0.39 is 0 Å². The van der Waals surface area contributed by atoms with E-state index in [1.165, 1.54) is 0 Å². The summed E-state index contributed by atoms with van der Waals surface area (Å²) in [5.41, 5.74) is 2.72. The molecule has 0 unspecified atom stereocenters. The highest BCUT2D eigenvalue weighted by Crippen LogP contribution is 2.28. The van der Waals surface area contributed by atoms with E-state index in [2.05, 4.69) is 26.7 Å². The van der Waals surface area contributed by atoms with Gasteiger partial charge in [-0.25, -0.2) is 14.8 Å². The number of nitriles is 1. The lowest BCUT2D eigenvalue weighted by molar-refractivity contribution is 0.186. The van der Waals surface area contributed by atoms with Gasteiger partial charge < -0.3 is 15.5 Å². The Hall–Kier alpha value is -2.56. The van der Waals surface area contributed by atoms with Crippen LogP contribution in [0.15, 0.2) is 24.4 Å². The van der Waals surface area contributed by atoms with Gasteiger partial charge in [-0.3, -0.25) is 0 Å². The lowest BCUT2D eigenvalue weighted by atomic mass is 10.0. The third kappa shape index (κ3) is 5.53. The molecule has 0 saturated carbocycles. The van der Waals surface area contributed by atoms with Crippen molar-refractivity contribution in [3.05, 3.63) is 51.3 Å². The maximum Gasteiger partial charge on any atom is 0.318 e. The molecule has 2 N–H and O–H groups in total. The van der Waals surface area contributed by atoms with Crippen LogP contribution < -0.4 is 10.6 Å². The molecule has 1 aliphatic heterocycles. The number of carbonyl (C=O) groups excluding carboxylic acids is 1. The van der Waals surface area contributed by atoms with Gasteiger partial charge in [0, 0.05) is 25.2 Å². The SMILES string of the molecule is CC(C)Nc1ncc2c(n1)CN(C(=O)N[C@H](CCC#N)c1ccc(Cl)c(Cl)c1)CC2. The Kier molecular flexibility index (Phi) is 7.35. The van der Waals surface area contributed by atoms with E-state index in [0.29, 0.717) is 48.3 Å². The number of hydrogen-bond acceptors (Lipinski definition) is 5. The minimum Gasteiger partial charge on any atom is -0.352 e. The van der Waals surface area contributed by atoms with Gasteiger partial charge in [0.05, 0.1) is 34.4 Å². The molecule has 1 aliphatic rings. The van der Waals surface area contributed by atoms with Gasteiger partial charge in [-0.05, 0) is 49.9 Å². The molecule has 0 radical (unpaired) electrons. The van der Waals surface area contributed by atoms with Crippen LogP contribution in [-0.2, 0) is 13.0 Å². The Morgan fingerprint density at radius 2 is 2.13 bits per heavy atom. The lowest BCUT2D eigenvalue weighted by Gasteiger charge is -2.30. The third-order valence-corrected chi connectivity index (χ3v) is 5.58. The Balaban J connectivity index is 1.73. The Morgan fingerprint density at radius 1 is 1.33 bits per heavy atom. The third-order valence-electron chi connectivity index (χ3n) is 4.84. The predicted octanol–water partition coefficient (Wildman–Crippen LogP) is 4.72. The van der Waals surface area contributed by atoms with Crippen LogP contribution >= 0.6 is 23.2 Å². The lowest BCUT2D eigenvalue weighted by Crippen LogP contribution is -2.44. The molecule has 1 aromatic carbocycles. The first-order chi connectivity index (χ1) is 14.4. The molecule has 0 bridgehead atoms. The minimum absolute atomic E-state index is 0.202. The van der Waals surface area contributed by atoms with Crippen LogP contribution in [0.1, 0.15) is 49.6 Å². The van der Waals surface area contributed by atoms with Crippen LogP contribution in [0.2, 0.25) is 10.0 Å². The summed E-state index contributed by atoms with van der Waals surface area (Å²) in [7, 11) is 0. The van der Waals surface area contributed by atoms with Crippen molar-refractivity contribution >= 4 is 35.2 Å². The number of aromatic nitrogens is 2. The Morgan fingerprint density at radius 3 is 2.83 bits per heavy atom. The second kappa shape index (κ2) is 9.96. The van der Waals surface area contributed by atoms with Crippen LogP contribution in [0.5, 0.6) is 0 Å².